The number of aromatic nitrogens is 3. The summed E-state index contributed by atoms with van der Waals surface area (Å²) in [4.78, 5) is 15.9. The molecule has 0 spiro atoms. The van der Waals surface area contributed by atoms with Gasteiger partial charge >= 0.3 is 0 Å². The monoisotopic (exact) mass is 407 g/mol. The Morgan fingerprint density at radius 1 is 1.44 bits per heavy atom. The molecule has 10 heteroatoms. The van der Waals surface area contributed by atoms with Gasteiger partial charge < -0.3 is 15.8 Å². The zero-order valence-corrected chi connectivity index (χ0v) is 16.3. The Labute approximate surface area is 163 Å². The highest BCUT2D eigenvalue weighted by Gasteiger charge is 2.13. The normalized spacial score (nSPS) is 11.0. The van der Waals surface area contributed by atoms with E-state index in [-0.39, 0.29) is 30.7 Å². The Balaban J connectivity index is 0.00000288. The number of nitrogens with one attached hydrogen (secondary N) is 1. The van der Waals surface area contributed by atoms with Crippen LogP contribution in [0.15, 0.2) is 36.9 Å². The molecule has 25 heavy (non-hydrogen) atoms. The van der Waals surface area contributed by atoms with E-state index in [1.54, 1.807) is 28.8 Å². The van der Waals surface area contributed by atoms with E-state index in [1.807, 2.05) is 24.5 Å². The number of carbonyl (C=O) groups excluding carboxylic acids is 1. The Kier molecular flexibility index (Phi) is 12.1. The molecule has 0 radical (unpaired) electrons. The van der Waals surface area contributed by atoms with Gasteiger partial charge in [0.05, 0.1) is 12.6 Å². The maximum Gasteiger partial charge on any atom is 0.241 e. The first-order valence-electron chi connectivity index (χ1n) is 7.29. The van der Waals surface area contributed by atoms with Gasteiger partial charge in [-0.3, -0.25) is 4.79 Å². The maximum atomic E-state index is 12.0. The molecule has 140 valence electrons. The van der Waals surface area contributed by atoms with Crippen LogP contribution in [-0.2, 0) is 11.3 Å². The number of thioether (sulfide) groups is 1. The first-order valence-corrected chi connectivity index (χ1v) is 8.69. The molecule has 2 aromatic rings. The lowest BCUT2D eigenvalue weighted by Gasteiger charge is -2.13. The number of ether oxygens (including phenoxy) is 1. The summed E-state index contributed by atoms with van der Waals surface area (Å²) >= 11 is 1.67. The van der Waals surface area contributed by atoms with E-state index in [1.165, 1.54) is 6.33 Å². The molecule has 0 aliphatic heterocycles. The molecule has 0 saturated carbocycles. The van der Waals surface area contributed by atoms with Crippen molar-refractivity contribution in [1.82, 2.24) is 14.8 Å². The summed E-state index contributed by atoms with van der Waals surface area (Å²) < 4.78 is 7.34. The van der Waals surface area contributed by atoms with E-state index in [4.69, 9.17) is 10.5 Å². The van der Waals surface area contributed by atoms with E-state index in [9.17, 15) is 4.79 Å². The van der Waals surface area contributed by atoms with Gasteiger partial charge in [0.1, 0.15) is 25.0 Å². The third-order valence-corrected chi connectivity index (χ3v) is 3.77. The van der Waals surface area contributed by atoms with Gasteiger partial charge in [-0.05, 0) is 30.6 Å². The van der Waals surface area contributed by atoms with E-state index in [0.29, 0.717) is 31.0 Å². The van der Waals surface area contributed by atoms with Gasteiger partial charge in [-0.25, -0.2) is 9.67 Å². The Morgan fingerprint density at radius 3 is 2.92 bits per heavy atom. The molecule has 0 aliphatic rings. The highest BCUT2D eigenvalue weighted by Crippen LogP contribution is 2.17. The molecule has 0 saturated heterocycles. The summed E-state index contributed by atoms with van der Waals surface area (Å²) in [5, 5.41) is 6.82. The molecule has 1 aromatic carbocycles. The average molecular weight is 408 g/mol. The Morgan fingerprint density at radius 2 is 2.24 bits per heavy atom. The molecule has 0 bridgehead atoms. The van der Waals surface area contributed by atoms with Crippen LogP contribution in [0.2, 0.25) is 0 Å². The third-order valence-electron chi connectivity index (χ3n) is 3.13. The van der Waals surface area contributed by atoms with Crippen LogP contribution in [0.5, 0.6) is 5.75 Å². The number of nitrogens with zero attached hydrogens (tertiary/aromatic N) is 3. The highest BCUT2D eigenvalue weighted by atomic mass is 35.5. The zero-order valence-electron chi connectivity index (χ0n) is 13.8. The summed E-state index contributed by atoms with van der Waals surface area (Å²) in [6, 6.07) is 6.75. The summed E-state index contributed by atoms with van der Waals surface area (Å²) in [6.45, 7) is 1.07. The van der Waals surface area contributed by atoms with E-state index < -0.39 is 6.04 Å². The number of hydrogen-bond acceptors (Lipinski definition) is 6. The maximum absolute atomic E-state index is 12.0. The van der Waals surface area contributed by atoms with Crippen molar-refractivity contribution in [2.24, 2.45) is 5.73 Å². The lowest BCUT2D eigenvalue weighted by molar-refractivity contribution is -0.117. The minimum atomic E-state index is -0.501. The average Bonchev–Trinajstić information content (AvgIpc) is 3.06. The van der Waals surface area contributed by atoms with Crippen LogP contribution in [0.3, 0.4) is 0 Å². The smallest absolute Gasteiger partial charge is 0.241 e. The number of hydrogen-bond donors (Lipinski definition) is 2. The zero-order chi connectivity index (χ0) is 16.5. The molecule has 0 aliphatic carbocycles. The molecule has 0 fully saturated rings. The van der Waals surface area contributed by atoms with Crippen molar-refractivity contribution in [3.63, 3.8) is 0 Å². The van der Waals surface area contributed by atoms with Gasteiger partial charge in [0, 0.05) is 11.8 Å². The van der Waals surface area contributed by atoms with Crippen molar-refractivity contribution >= 4 is 48.2 Å². The van der Waals surface area contributed by atoms with Crippen molar-refractivity contribution in [2.45, 2.75) is 19.0 Å². The fourth-order valence-corrected chi connectivity index (χ4v) is 2.37. The number of carbonyl (C=O) groups is 1. The molecular weight excluding hydrogens is 385 g/mol. The number of halogens is 2. The van der Waals surface area contributed by atoms with Crippen LogP contribution in [0, 0.1) is 0 Å². The number of rotatable bonds is 9. The molecule has 1 heterocycles. The lowest BCUT2D eigenvalue weighted by Crippen LogP contribution is -2.36. The molecule has 1 amide bonds. The van der Waals surface area contributed by atoms with Crippen LogP contribution in [0.4, 0.5) is 5.69 Å². The molecule has 3 N–H and O–H groups in total. The van der Waals surface area contributed by atoms with Gasteiger partial charge in [0.2, 0.25) is 5.91 Å². The van der Waals surface area contributed by atoms with Crippen LogP contribution in [0.25, 0.3) is 0 Å². The summed E-state index contributed by atoms with van der Waals surface area (Å²) in [6.07, 6.45) is 5.76. The number of benzene rings is 1. The van der Waals surface area contributed by atoms with Gasteiger partial charge in [-0.1, -0.05) is 6.07 Å². The van der Waals surface area contributed by atoms with E-state index in [2.05, 4.69) is 15.4 Å². The second-order valence-corrected chi connectivity index (χ2v) is 5.90. The summed E-state index contributed by atoms with van der Waals surface area (Å²) in [5.41, 5.74) is 6.53. The fraction of sp³-hybridized carbons (Fsp3) is 0.400. The van der Waals surface area contributed by atoms with Crippen molar-refractivity contribution in [1.29, 1.82) is 0 Å². The second kappa shape index (κ2) is 12.8. The topological polar surface area (TPSA) is 95.1 Å². The molecular formula is C15H23Cl2N5O2S. The van der Waals surface area contributed by atoms with Crippen LogP contribution in [0.1, 0.15) is 6.42 Å². The molecule has 7 nitrogen and oxygen atoms in total. The minimum Gasteiger partial charge on any atom is -0.492 e. The number of nitrogens with two attached hydrogens (primary N) is 1. The van der Waals surface area contributed by atoms with Gasteiger partial charge in [-0.2, -0.15) is 16.9 Å². The molecule has 1 aromatic heterocycles. The van der Waals surface area contributed by atoms with Crippen molar-refractivity contribution in [3.8, 4) is 5.75 Å². The Bertz CT molecular complexity index is 616. The quantitative estimate of drug-likeness (QED) is 0.661. The number of amides is 1. The van der Waals surface area contributed by atoms with E-state index >= 15 is 0 Å². The highest BCUT2D eigenvalue weighted by molar-refractivity contribution is 7.98. The Hall–Kier alpha value is -1.48. The lowest BCUT2D eigenvalue weighted by atomic mass is 10.2. The van der Waals surface area contributed by atoms with Crippen LogP contribution < -0.4 is 15.8 Å². The molecule has 0 unspecified atom stereocenters. The van der Waals surface area contributed by atoms with Gasteiger partial charge in [0.15, 0.2) is 0 Å². The predicted molar refractivity (Wildman–Crippen MR) is 106 cm³/mol. The summed E-state index contributed by atoms with van der Waals surface area (Å²) in [5.74, 6) is 1.36. The largest absolute Gasteiger partial charge is 0.492 e. The van der Waals surface area contributed by atoms with Crippen molar-refractivity contribution in [3.05, 3.63) is 36.9 Å². The van der Waals surface area contributed by atoms with E-state index in [0.717, 1.165) is 5.75 Å². The third kappa shape index (κ3) is 8.44. The van der Waals surface area contributed by atoms with Gasteiger partial charge in [-0.15, -0.1) is 24.8 Å². The first kappa shape index (κ1) is 23.5. The van der Waals surface area contributed by atoms with Crippen molar-refractivity contribution in [2.75, 3.05) is 23.9 Å². The van der Waals surface area contributed by atoms with Crippen molar-refractivity contribution < 1.29 is 9.53 Å². The molecule has 1 atom stereocenters. The number of anilines is 1. The molecule has 2 rings (SSSR count). The van der Waals surface area contributed by atoms with Crippen LogP contribution in [-0.4, -0.2) is 45.3 Å². The first-order chi connectivity index (χ1) is 11.2. The standard InChI is InChI=1S/C15H21N5O2S.2ClH/c1-23-8-5-14(16)15(21)19-12-3-2-4-13(9-12)22-7-6-20-11-17-10-18-20;;/h2-4,9-11,14H,5-8,16H2,1H3,(H,19,21);2*1H/t14-;;/m0../s1. The SMILES string of the molecule is CSCC[C@H](N)C(=O)Nc1cccc(OCCn2cncn2)c1.Cl.Cl. The van der Waals surface area contributed by atoms with Crippen LogP contribution >= 0.6 is 36.6 Å². The fourth-order valence-electron chi connectivity index (χ4n) is 1.88. The second-order valence-electron chi connectivity index (χ2n) is 4.91. The van der Waals surface area contributed by atoms with Gasteiger partial charge in [0.25, 0.3) is 0 Å². The minimum absolute atomic E-state index is 0. The summed E-state index contributed by atoms with van der Waals surface area (Å²) in [7, 11) is 0. The predicted octanol–water partition coefficient (Wildman–Crippen LogP) is 2.22.